The zero-order valence-electron chi connectivity index (χ0n) is 15.9. The first kappa shape index (κ1) is 17.9. The summed E-state index contributed by atoms with van der Waals surface area (Å²) in [5.41, 5.74) is 1.82. The number of benzene rings is 1. The van der Waals surface area contributed by atoms with E-state index in [4.69, 9.17) is 4.74 Å². The summed E-state index contributed by atoms with van der Waals surface area (Å²) in [5, 5.41) is 3.90. The average Bonchev–Trinajstić information content (AvgIpc) is 2.53. The second kappa shape index (κ2) is 6.88. The second-order valence-electron chi connectivity index (χ2n) is 9.30. The highest BCUT2D eigenvalue weighted by Gasteiger charge is 2.52. The summed E-state index contributed by atoms with van der Waals surface area (Å²) in [4.78, 5) is 0. The van der Waals surface area contributed by atoms with Crippen molar-refractivity contribution in [2.24, 2.45) is 23.2 Å². The van der Waals surface area contributed by atoms with Gasteiger partial charge in [0.1, 0.15) is 5.75 Å². The van der Waals surface area contributed by atoms with Crippen LogP contribution in [0.25, 0.3) is 0 Å². The van der Waals surface area contributed by atoms with Crippen LogP contribution in [0.15, 0.2) is 22.7 Å². The number of hydrogen-bond acceptors (Lipinski definition) is 2. The van der Waals surface area contributed by atoms with Gasteiger partial charge in [0.2, 0.25) is 0 Å². The third kappa shape index (κ3) is 3.64. The molecule has 0 radical (unpaired) electrons. The average molecular weight is 406 g/mol. The van der Waals surface area contributed by atoms with E-state index in [0.29, 0.717) is 11.5 Å². The first-order chi connectivity index (χ1) is 11.9. The van der Waals surface area contributed by atoms with Crippen LogP contribution < -0.4 is 10.1 Å². The topological polar surface area (TPSA) is 21.3 Å². The molecule has 138 valence electrons. The first-order valence-corrected chi connectivity index (χ1v) is 10.9. The monoisotopic (exact) mass is 405 g/mol. The predicted molar refractivity (Wildman–Crippen MR) is 107 cm³/mol. The Kier molecular flexibility index (Phi) is 4.92. The van der Waals surface area contributed by atoms with E-state index in [9.17, 15) is 0 Å². The number of halogens is 1. The Morgan fingerprint density at radius 1 is 1.08 bits per heavy atom. The molecule has 25 heavy (non-hydrogen) atoms. The third-order valence-corrected chi connectivity index (χ3v) is 7.48. The molecule has 0 aromatic heterocycles. The molecule has 1 aromatic carbocycles. The highest BCUT2D eigenvalue weighted by molar-refractivity contribution is 9.10. The molecule has 0 aliphatic heterocycles. The Morgan fingerprint density at radius 3 is 2.24 bits per heavy atom. The lowest BCUT2D eigenvalue weighted by Gasteiger charge is -2.59. The highest BCUT2D eigenvalue weighted by atomic mass is 79.9. The minimum atomic E-state index is 0.209. The van der Waals surface area contributed by atoms with Crippen molar-refractivity contribution >= 4 is 15.9 Å². The standard InChI is InChI=1S/C22H32BrNO/c1-14(2)25-21-5-4-20(23)9-19(21)13-24-15(3)22-10-16-6-17(11-22)8-18(7-16)12-22/h4-5,9,14-18,24H,6-8,10-13H2,1-3H3. The van der Waals surface area contributed by atoms with Crippen molar-refractivity contribution in [3.8, 4) is 5.75 Å². The molecule has 1 aromatic rings. The molecule has 5 rings (SSSR count). The van der Waals surface area contributed by atoms with Crippen molar-refractivity contribution in [1.29, 1.82) is 0 Å². The molecule has 4 saturated carbocycles. The summed E-state index contributed by atoms with van der Waals surface area (Å²) in [6, 6.07) is 6.96. The number of nitrogens with one attached hydrogen (secondary N) is 1. The van der Waals surface area contributed by atoms with Crippen molar-refractivity contribution in [3.63, 3.8) is 0 Å². The van der Waals surface area contributed by atoms with Crippen LogP contribution in [-0.4, -0.2) is 12.1 Å². The van der Waals surface area contributed by atoms with Gasteiger partial charge in [-0.3, -0.25) is 0 Å². The summed E-state index contributed by atoms with van der Waals surface area (Å²) >= 11 is 3.62. The maximum absolute atomic E-state index is 6.02. The maximum Gasteiger partial charge on any atom is 0.124 e. The molecule has 1 unspecified atom stereocenters. The molecule has 0 amide bonds. The summed E-state index contributed by atoms with van der Waals surface area (Å²) in [6.07, 6.45) is 9.14. The van der Waals surface area contributed by atoms with Crippen LogP contribution in [0.2, 0.25) is 0 Å². The Morgan fingerprint density at radius 2 is 1.68 bits per heavy atom. The maximum atomic E-state index is 6.02. The van der Waals surface area contributed by atoms with Gasteiger partial charge in [-0.15, -0.1) is 0 Å². The van der Waals surface area contributed by atoms with Crippen molar-refractivity contribution < 1.29 is 4.74 Å². The molecule has 4 fully saturated rings. The molecule has 4 aliphatic carbocycles. The van der Waals surface area contributed by atoms with Crippen LogP contribution in [0.3, 0.4) is 0 Å². The van der Waals surface area contributed by atoms with Gasteiger partial charge in [0.15, 0.2) is 0 Å². The molecule has 4 aliphatic rings. The number of ether oxygens (including phenoxy) is 1. The van der Waals surface area contributed by atoms with E-state index in [1.165, 1.54) is 44.1 Å². The van der Waals surface area contributed by atoms with Crippen molar-refractivity contribution in [1.82, 2.24) is 5.32 Å². The highest BCUT2D eigenvalue weighted by Crippen LogP contribution is 2.61. The molecule has 0 heterocycles. The normalized spacial score (nSPS) is 34.5. The van der Waals surface area contributed by atoms with Crippen LogP contribution >= 0.6 is 15.9 Å². The van der Waals surface area contributed by atoms with Crippen LogP contribution in [0.4, 0.5) is 0 Å². The van der Waals surface area contributed by atoms with Gasteiger partial charge < -0.3 is 10.1 Å². The Balaban J connectivity index is 1.46. The van der Waals surface area contributed by atoms with Crippen molar-refractivity contribution in [2.45, 2.75) is 78.0 Å². The first-order valence-electron chi connectivity index (χ1n) is 10.1. The van der Waals surface area contributed by atoms with Crippen LogP contribution in [0.5, 0.6) is 5.75 Å². The smallest absolute Gasteiger partial charge is 0.124 e. The molecule has 1 N–H and O–H groups in total. The van der Waals surface area contributed by atoms with Gasteiger partial charge in [-0.1, -0.05) is 15.9 Å². The predicted octanol–water partition coefficient (Wildman–Crippen LogP) is 5.93. The van der Waals surface area contributed by atoms with Crippen LogP contribution in [0.1, 0.15) is 64.9 Å². The summed E-state index contributed by atoms with van der Waals surface area (Å²) in [5.74, 6) is 4.06. The minimum absolute atomic E-state index is 0.209. The molecular formula is C22H32BrNO. The number of rotatable bonds is 6. The summed E-state index contributed by atoms with van der Waals surface area (Å²) in [6.45, 7) is 7.52. The lowest BCUT2D eigenvalue weighted by atomic mass is 9.48. The van der Waals surface area contributed by atoms with E-state index < -0.39 is 0 Å². The molecular weight excluding hydrogens is 374 g/mol. The zero-order valence-corrected chi connectivity index (χ0v) is 17.4. The molecule has 1 atom stereocenters. The lowest BCUT2D eigenvalue weighted by Crippen LogP contribution is -2.54. The van der Waals surface area contributed by atoms with E-state index >= 15 is 0 Å². The van der Waals surface area contributed by atoms with E-state index in [-0.39, 0.29) is 6.10 Å². The number of hydrogen-bond donors (Lipinski definition) is 1. The lowest BCUT2D eigenvalue weighted by molar-refractivity contribution is -0.0707. The SMILES string of the molecule is CC(C)Oc1ccc(Br)cc1CNC(C)C12CC3CC(CC(C3)C1)C2. The van der Waals surface area contributed by atoms with Gasteiger partial charge in [-0.2, -0.15) is 0 Å². The summed E-state index contributed by atoms with van der Waals surface area (Å²) < 4.78 is 7.15. The zero-order chi connectivity index (χ0) is 17.6. The van der Waals surface area contributed by atoms with Crippen LogP contribution in [0, 0.1) is 23.2 Å². The fraction of sp³-hybridized carbons (Fsp3) is 0.727. The van der Waals surface area contributed by atoms with Crippen LogP contribution in [-0.2, 0) is 6.54 Å². The van der Waals surface area contributed by atoms with E-state index in [0.717, 1.165) is 34.5 Å². The van der Waals surface area contributed by atoms with Gasteiger partial charge >= 0.3 is 0 Å². The van der Waals surface area contributed by atoms with Crippen molar-refractivity contribution in [3.05, 3.63) is 28.2 Å². The van der Waals surface area contributed by atoms with Gasteiger partial charge in [0.25, 0.3) is 0 Å². The third-order valence-electron chi connectivity index (χ3n) is 6.99. The summed E-state index contributed by atoms with van der Waals surface area (Å²) in [7, 11) is 0. The second-order valence-corrected chi connectivity index (χ2v) is 10.2. The molecule has 4 bridgehead atoms. The van der Waals surface area contributed by atoms with E-state index in [1.807, 2.05) is 0 Å². The Labute approximate surface area is 161 Å². The fourth-order valence-corrected chi connectivity index (χ4v) is 6.65. The van der Waals surface area contributed by atoms with Gasteiger partial charge in [0.05, 0.1) is 6.10 Å². The Hall–Kier alpha value is -0.540. The van der Waals surface area contributed by atoms with E-state index in [1.54, 1.807) is 0 Å². The quantitative estimate of drug-likeness (QED) is 0.632. The Bertz CT molecular complexity index is 591. The van der Waals surface area contributed by atoms with Gasteiger partial charge in [0, 0.05) is 22.6 Å². The molecule has 3 heteroatoms. The molecule has 0 saturated heterocycles. The largest absolute Gasteiger partial charge is 0.491 e. The minimum Gasteiger partial charge on any atom is -0.491 e. The van der Waals surface area contributed by atoms with Crippen molar-refractivity contribution in [2.75, 3.05) is 0 Å². The van der Waals surface area contributed by atoms with Gasteiger partial charge in [-0.25, -0.2) is 0 Å². The molecule has 2 nitrogen and oxygen atoms in total. The fourth-order valence-electron chi connectivity index (χ4n) is 6.24. The van der Waals surface area contributed by atoms with Gasteiger partial charge in [-0.05, 0) is 101 Å². The molecule has 0 spiro atoms. The van der Waals surface area contributed by atoms with E-state index in [2.05, 4.69) is 60.2 Å².